The normalized spacial score (nSPS) is 20.3. The lowest BCUT2D eigenvalue weighted by atomic mass is 9.98. The largest absolute Gasteiger partial charge is 0.481 e. The first-order valence-corrected chi connectivity index (χ1v) is 11.9. The van der Waals surface area contributed by atoms with E-state index in [0.717, 1.165) is 41.8 Å². The van der Waals surface area contributed by atoms with Crippen molar-refractivity contribution < 1.29 is 24.2 Å². The molecule has 3 N–H and O–H groups in total. The predicted octanol–water partition coefficient (Wildman–Crippen LogP) is 2.72. The summed E-state index contributed by atoms with van der Waals surface area (Å²) in [5.41, 5.74) is 4.40. The molecule has 2 fully saturated rings. The van der Waals surface area contributed by atoms with Crippen molar-refractivity contribution in [2.24, 2.45) is 0 Å². The Kier molecular flexibility index (Phi) is 6.24. The number of rotatable bonds is 8. The zero-order valence-electron chi connectivity index (χ0n) is 18.9. The maximum atomic E-state index is 12.8. The highest BCUT2D eigenvalue weighted by Crippen LogP contribution is 2.44. The van der Waals surface area contributed by atoms with Crippen LogP contribution in [0.1, 0.15) is 42.7 Å². The summed E-state index contributed by atoms with van der Waals surface area (Å²) in [4.78, 5) is 39.1. The summed E-state index contributed by atoms with van der Waals surface area (Å²) in [5, 5.41) is 14.7. The zero-order valence-corrected chi connectivity index (χ0v) is 18.9. The van der Waals surface area contributed by atoms with E-state index in [-0.39, 0.29) is 18.6 Å². The van der Waals surface area contributed by atoms with Crippen LogP contribution in [0.25, 0.3) is 11.1 Å². The molecule has 5 rings (SSSR count). The summed E-state index contributed by atoms with van der Waals surface area (Å²) in [5.74, 6) is -1.76. The van der Waals surface area contributed by atoms with Gasteiger partial charge in [0.2, 0.25) is 5.91 Å². The topological polar surface area (TPSA) is 108 Å². The minimum Gasteiger partial charge on any atom is -0.481 e. The first-order chi connectivity index (χ1) is 16.5. The Hall–Kier alpha value is -3.39. The molecule has 2 atom stereocenters. The quantitative estimate of drug-likeness (QED) is 0.556. The lowest BCUT2D eigenvalue weighted by Crippen LogP contribution is -2.51. The van der Waals surface area contributed by atoms with E-state index in [9.17, 15) is 19.5 Å². The molecule has 34 heavy (non-hydrogen) atoms. The van der Waals surface area contributed by atoms with E-state index >= 15 is 0 Å². The summed E-state index contributed by atoms with van der Waals surface area (Å²) in [6.45, 7) is 1.79. The van der Waals surface area contributed by atoms with Gasteiger partial charge in [-0.1, -0.05) is 48.5 Å². The van der Waals surface area contributed by atoms with Crippen LogP contribution in [-0.4, -0.2) is 65.8 Å². The number of carbonyl (C=O) groups excluding carboxylic acids is 2. The van der Waals surface area contributed by atoms with Crippen molar-refractivity contribution in [1.82, 2.24) is 15.5 Å². The summed E-state index contributed by atoms with van der Waals surface area (Å²) < 4.78 is 5.50. The van der Waals surface area contributed by atoms with Gasteiger partial charge >= 0.3 is 12.1 Å². The van der Waals surface area contributed by atoms with Gasteiger partial charge in [-0.2, -0.15) is 0 Å². The Bertz CT molecular complexity index is 1050. The maximum absolute atomic E-state index is 12.8. The maximum Gasteiger partial charge on any atom is 0.407 e. The molecule has 2 unspecified atom stereocenters. The standard InChI is InChI=1S/C26H29N3O5/c30-24(31)13-23(25(32)27-16-11-12-29(14-16)17-9-10-17)28-26(33)34-15-22-20-7-3-1-5-18(20)19-6-2-4-8-21(19)22/h1-8,16-17,22-23H,9-15H2,(H,27,32)(H,28,33)(H,30,31). The molecule has 1 aliphatic heterocycles. The van der Waals surface area contributed by atoms with Crippen molar-refractivity contribution in [1.29, 1.82) is 0 Å². The molecule has 178 valence electrons. The Balaban J connectivity index is 1.19. The highest BCUT2D eigenvalue weighted by Gasteiger charge is 2.36. The Morgan fingerprint density at radius 1 is 1.00 bits per heavy atom. The smallest absolute Gasteiger partial charge is 0.407 e. The van der Waals surface area contributed by atoms with E-state index < -0.39 is 30.4 Å². The lowest BCUT2D eigenvalue weighted by molar-refractivity contribution is -0.140. The van der Waals surface area contributed by atoms with Crippen molar-refractivity contribution in [2.75, 3.05) is 19.7 Å². The van der Waals surface area contributed by atoms with Crippen LogP contribution in [-0.2, 0) is 14.3 Å². The van der Waals surface area contributed by atoms with Crippen molar-refractivity contribution in [3.8, 4) is 11.1 Å². The third-order valence-corrected chi connectivity index (χ3v) is 6.96. The lowest BCUT2D eigenvalue weighted by Gasteiger charge is -2.21. The van der Waals surface area contributed by atoms with E-state index in [1.807, 2.05) is 36.4 Å². The van der Waals surface area contributed by atoms with Crippen LogP contribution >= 0.6 is 0 Å². The van der Waals surface area contributed by atoms with Gasteiger partial charge in [0, 0.05) is 31.1 Å². The van der Waals surface area contributed by atoms with Gasteiger partial charge in [-0.05, 0) is 41.5 Å². The second-order valence-corrected chi connectivity index (χ2v) is 9.34. The molecule has 0 bridgehead atoms. The van der Waals surface area contributed by atoms with Gasteiger partial charge < -0.3 is 20.5 Å². The van der Waals surface area contributed by atoms with Crippen LogP contribution in [0.2, 0.25) is 0 Å². The predicted molar refractivity (Wildman–Crippen MR) is 125 cm³/mol. The van der Waals surface area contributed by atoms with Crippen LogP contribution in [0, 0.1) is 0 Å². The monoisotopic (exact) mass is 463 g/mol. The van der Waals surface area contributed by atoms with Crippen LogP contribution in [0.5, 0.6) is 0 Å². The SMILES string of the molecule is O=C(O)CC(NC(=O)OCC1c2ccccc2-c2ccccc21)C(=O)NC1CCN(C2CC2)C1. The minimum absolute atomic E-state index is 0.0336. The van der Waals surface area contributed by atoms with Crippen LogP contribution in [0.15, 0.2) is 48.5 Å². The van der Waals surface area contributed by atoms with Crippen molar-refractivity contribution in [2.45, 2.75) is 49.7 Å². The van der Waals surface area contributed by atoms with Gasteiger partial charge in [0.15, 0.2) is 0 Å². The molecule has 0 radical (unpaired) electrons. The number of carboxylic acids is 1. The van der Waals surface area contributed by atoms with E-state index in [1.165, 1.54) is 12.8 Å². The molecule has 0 aromatic heterocycles. The third kappa shape index (κ3) is 4.77. The number of nitrogens with one attached hydrogen (secondary N) is 2. The Morgan fingerprint density at radius 3 is 2.26 bits per heavy atom. The highest BCUT2D eigenvalue weighted by molar-refractivity contribution is 5.89. The number of aliphatic carboxylic acids is 1. The highest BCUT2D eigenvalue weighted by atomic mass is 16.5. The van der Waals surface area contributed by atoms with E-state index in [2.05, 4.69) is 27.7 Å². The first kappa shape index (κ1) is 22.4. The van der Waals surface area contributed by atoms with Gasteiger partial charge in [-0.15, -0.1) is 0 Å². The molecule has 8 nitrogen and oxygen atoms in total. The third-order valence-electron chi connectivity index (χ3n) is 6.96. The minimum atomic E-state index is -1.19. The number of likely N-dealkylation sites (tertiary alicyclic amines) is 1. The fourth-order valence-corrected chi connectivity index (χ4v) is 5.14. The molecule has 2 aromatic carbocycles. The molecule has 3 aliphatic rings. The molecular weight excluding hydrogens is 434 g/mol. The second-order valence-electron chi connectivity index (χ2n) is 9.34. The molecule has 8 heteroatoms. The average molecular weight is 464 g/mol. The number of carbonyl (C=O) groups is 3. The molecule has 2 aliphatic carbocycles. The molecular formula is C26H29N3O5. The number of hydrogen-bond donors (Lipinski definition) is 3. The van der Waals surface area contributed by atoms with Crippen molar-refractivity contribution in [3.05, 3.63) is 59.7 Å². The molecule has 2 amide bonds. The summed E-state index contributed by atoms with van der Waals surface area (Å²) in [6, 6.07) is 15.4. The van der Waals surface area contributed by atoms with E-state index in [1.54, 1.807) is 0 Å². The van der Waals surface area contributed by atoms with Gasteiger partial charge in [-0.25, -0.2) is 4.79 Å². The second kappa shape index (κ2) is 9.46. The fourth-order valence-electron chi connectivity index (χ4n) is 5.14. The number of nitrogens with zero attached hydrogens (tertiary/aromatic N) is 1. The number of amides is 2. The fraction of sp³-hybridized carbons (Fsp3) is 0.423. The zero-order chi connectivity index (χ0) is 23.7. The van der Waals surface area contributed by atoms with E-state index in [0.29, 0.717) is 6.04 Å². The van der Waals surface area contributed by atoms with Gasteiger partial charge in [0.25, 0.3) is 0 Å². The number of hydrogen-bond acceptors (Lipinski definition) is 5. The number of alkyl carbamates (subject to hydrolysis) is 1. The molecule has 1 saturated heterocycles. The summed E-state index contributed by atoms with van der Waals surface area (Å²) in [6.07, 6.45) is 1.92. The van der Waals surface area contributed by atoms with Crippen LogP contribution < -0.4 is 10.6 Å². The Labute approximate surface area is 198 Å². The molecule has 2 aromatic rings. The van der Waals surface area contributed by atoms with Crippen LogP contribution in [0.4, 0.5) is 4.79 Å². The van der Waals surface area contributed by atoms with Gasteiger partial charge in [-0.3, -0.25) is 14.5 Å². The summed E-state index contributed by atoms with van der Waals surface area (Å²) in [7, 11) is 0. The van der Waals surface area contributed by atoms with Crippen LogP contribution in [0.3, 0.4) is 0 Å². The van der Waals surface area contributed by atoms with Crippen molar-refractivity contribution >= 4 is 18.0 Å². The van der Waals surface area contributed by atoms with E-state index in [4.69, 9.17) is 4.74 Å². The molecule has 1 heterocycles. The molecule has 1 saturated carbocycles. The number of ether oxygens (including phenoxy) is 1. The summed E-state index contributed by atoms with van der Waals surface area (Å²) >= 11 is 0. The number of carboxylic acid groups (broad SMARTS) is 1. The molecule has 0 spiro atoms. The number of fused-ring (bicyclic) bond motifs is 3. The van der Waals surface area contributed by atoms with Gasteiger partial charge in [0.05, 0.1) is 6.42 Å². The van der Waals surface area contributed by atoms with Crippen molar-refractivity contribution in [3.63, 3.8) is 0 Å². The first-order valence-electron chi connectivity index (χ1n) is 11.9. The Morgan fingerprint density at radius 2 is 1.65 bits per heavy atom. The average Bonchev–Trinajstić information content (AvgIpc) is 3.49. The van der Waals surface area contributed by atoms with Gasteiger partial charge in [0.1, 0.15) is 12.6 Å². The number of benzene rings is 2.